The molecule has 0 saturated heterocycles. The largest absolute Gasteiger partial charge is 0.490 e. The monoisotopic (exact) mass is 1060 g/mol. The third-order valence-corrected chi connectivity index (χ3v) is 17.2. The second-order valence-electron chi connectivity index (χ2n) is 22.6. The lowest BCUT2D eigenvalue weighted by atomic mass is 9.42. The van der Waals surface area contributed by atoms with Crippen molar-refractivity contribution < 1.29 is 23.8 Å². The number of hydrogen-bond donors (Lipinski definition) is 0. The fourth-order valence-corrected chi connectivity index (χ4v) is 11.3. The number of rotatable bonds is 29. The van der Waals surface area contributed by atoms with Crippen molar-refractivity contribution in [2.45, 2.75) is 142 Å². The second kappa shape index (κ2) is 27.4. The molecule has 78 heavy (non-hydrogen) atoms. The Morgan fingerprint density at radius 1 is 0.564 bits per heavy atom. The zero-order valence-electron chi connectivity index (χ0n) is 49.0. The number of azo groups is 3. The number of carbonyl (C=O) groups is 2. The number of aromatic nitrogens is 1. The van der Waals surface area contributed by atoms with Crippen molar-refractivity contribution in [1.82, 2.24) is 4.98 Å². The molecule has 3 atom stereocenters. The summed E-state index contributed by atoms with van der Waals surface area (Å²) in [5, 5.41) is 35.1. The summed E-state index contributed by atoms with van der Waals surface area (Å²) in [7, 11) is 0. The van der Waals surface area contributed by atoms with Crippen molar-refractivity contribution in [3.63, 3.8) is 0 Å². The normalized spacial score (nSPS) is 14.6. The van der Waals surface area contributed by atoms with Crippen LogP contribution in [0.1, 0.15) is 146 Å². The minimum Gasteiger partial charge on any atom is -0.490 e. The van der Waals surface area contributed by atoms with Crippen LogP contribution in [0.2, 0.25) is 0 Å². The Bertz CT molecular complexity index is 2860. The molecule has 5 rings (SSSR count). The number of ether oxygens (including phenoxy) is 3. The third kappa shape index (κ3) is 14.9. The van der Waals surface area contributed by atoms with Crippen LogP contribution in [0.15, 0.2) is 146 Å². The first kappa shape index (κ1) is 61.7. The summed E-state index contributed by atoms with van der Waals surface area (Å²) in [6, 6.07) is 35.7. The lowest BCUT2D eigenvalue weighted by molar-refractivity contribution is -0.192. The Kier molecular flexibility index (Phi) is 21.7. The van der Waals surface area contributed by atoms with E-state index in [0.29, 0.717) is 78.7 Å². The number of anilines is 1. The molecule has 1 aromatic heterocycles. The van der Waals surface area contributed by atoms with Crippen LogP contribution in [0.4, 0.5) is 39.8 Å². The van der Waals surface area contributed by atoms with E-state index in [2.05, 4.69) is 131 Å². The summed E-state index contributed by atoms with van der Waals surface area (Å²) < 4.78 is 19.0. The van der Waals surface area contributed by atoms with Crippen LogP contribution < -0.4 is 9.64 Å². The minimum atomic E-state index is -0.934. The van der Waals surface area contributed by atoms with E-state index in [-0.39, 0.29) is 37.2 Å². The van der Waals surface area contributed by atoms with Gasteiger partial charge >= 0.3 is 11.9 Å². The van der Waals surface area contributed by atoms with Gasteiger partial charge in [0.05, 0.1) is 52.0 Å². The van der Waals surface area contributed by atoms with Gasteiger partial charge in [0, 0.05) is 12.2 Å². The number of aryl methyl sites for hydroxylation is 1. The number of likely N-dealkylation sites (N-methyl/N-ethyl adjacent to an activating group) is 1. The minimum absolute atomic E-state index is 0.0733. The molecule has 0 aliphatic heterocycles. The highest BCUT2D eigenvalue weighted by atomic mass is 16.6. The maximum Gasteiger partial charge on any atom is 0.312 e. The van der Waals surface area contributed by atoms with Gasteiger partial charge in [0.2, 0.25) is 0 Å². The molecule has 0 fully saturated rings. The predicted octanol–water partition coefficient (Wildman–Crippen LogP) is 18.4. The van der Waals surface area contributed by atoms with Crippen molar-refractivity contribution in [2.24, 2.45) is 63.2 Å². The zero-order valence-corrected chi connectivity index (χ0v) is 49.0. The summed E-state index contributed by atoms with van der Waals surface area (Å²) >= 11 is 0. The van der Waals surface area contributed by atoms with Gasteiger partial charge in [0.25, 0.3) is 0 Å². The lowest BCUT2D eigenvalue weighted by Crippen LogP contribution is -2.59. The Labute approximate surface area is 465 Å². The van der Waals surface area contributed by atoms with Gasteiger partial charge in [-0.15, -0.1) is 5.11 Å². The molecular formula is C64H85N9O5. The molecule has 14 nitrogen and oxygen atoms in total. The van der Waals surface area contributed by atoms with Crippen molar-refractivity contribution in [3.05, 3.63) is 127 Å². The number of pyridine rings is 1. The maximum atomic E-state index is 15.2. The Balaban J connectivity index is 1.28. The molecule has 0 spiro atoms. The van der Waals surface area contributed by atoms with Crippen LogP contribution in [0.25, 0.3) is 0 Å². The highest BCUT2D eigenvalue weighted by Crippen LogP contribution is 2.66. The average Bonchev–Trinajstić information content (AvgIpc) is 3.47. The van der Waals surface area contributed by atoms with E-state index in [1.165, 1.54) is 6.20 Å². The van der Waals surface area contributed by atoms with Crippen LogP contribution in [0, 0.1) is 50.7 Å². The fraction of sp³-hybridized carbons (Fsp3) is 0.500. The van der Waals surface area contributed by atoms with Crippen molar-refractivity contribution in [3.8, 4) is 11.8 Å². The first-order chi connectivity index (χ1) is 37.1. The average molecular weight is 1060 g/mol. The summed E-state index contributed by atoms with van der Waals surface area (Å²) in [5.41, 5.74) is 2.69. The van der Waals surface area contributed by atoms with Gasteiger partial charge in [0.15, 0.2) is 0 Å². The number of nitriles is 1. The molecule has 5 aromatic rings. The van der Waals surface area contributed by atoms with Gasteiger partial charge in [-0.3, -0.25) is 9.59 Å². The molecular weight excluding hydrogens is 975 g/mol. The van der Waals surface area contributed by atoms with Crippen molar-refractivity contribution in [2.75, 3.05) is 37.8 Å². The van der Waals surface area contributed by atoms with Crippen molar-refractivity contribution >= 4 is 51.8 Å². The van der Waals surface area contributed by atoms with E-state index in [0.717, 1.165) is 36.2 Å². The fourth-order valence-electron chi connectivity index (χ4n) is 11.3. The number of hydrogen-bond acceptors (Lipinski definition) is 14. The number of nitrogens with zero attached hydrogens (tertiary/aromatic N) is 9. The molecule has 0 bridgehead atoms. The molecule has 0 aliphatic rings. The van der Waals surface area contributed by atoms with Crippen molar-refractivity contribution in [1.29, 1.82) is 5.26 Å². The van der Waals surface area contributed by atoms with Gasteiger partial charge in [-0.2, -0.15) is 30.8 Å². The molecule has 14 heteroatoms. The number of carbonyl (C=O) groups excluding carboxylic acids is 2. The standard InChI is InChI=1S/C64H85N9O5/c1-15-59(8,9)45-63(14,58(75)78-41-40-76-56-37-34-52(42-47(56)7)71-69-50-28-26-49(27-29-50)68-67-48-24-22-21-23-25-48)64(18-4,19-5)61(12,17-3)46-62(13,60(10,11)16-2)57(74)77-39-38-73(20-6)55-35-32-51(33-36-55)70-72-54-31-30-53(43-65)66-44-54/h21-37,42,44H,15-20,38-41,45-46H2,1-14H3. The SMILES string of the molecule is CCN(CCOC(=O)C(C)(CC(C)(CC)C(CC)(CC)C(C)(CC(C)(C)CC)C(=O)OCCOc1ccc(N=Nc2ccc(N=Nc3ccccc3)cc2)cc1C)C(C)(C)CC)c1ccc(N=Nc2ccc(C#N)nc2)cc1. The topological polar surface area (TPSA) is 176 Å². The first-order valence-corrected chi connectivity index (χ1v) is 27.8. The first-order valence-electron chi connectivity index (χ1n) is 27.8. The Hall–Kier alpha value is -7.14. The molecule has 1 heterocycles. The van der Waals surface area contributed by atoms with Gasteiger partial charge in [-0.25, -0.2) is 4.98 Å². The molecule has 0 amide bonds. The Morgan fingerprint density at radius 3 is 1.58 bits per heavy atom. The van der Waals surface area contributed by atoms with E-state index in [4.69, 9.17) is 19.5 Å². The van der Waals surface area contributed by atoms with Crippen LogP contribution in [0.3, 0.4) is 0 Å². The smallest absolute Gasteiger partial charge is 0.312 e. The van der Waals surface area contributed by atoms with Gasteiger partial charge in [-0.1, -0.05) is 100 Å². The molecule has 0 saturated carbocycles. The molecule has 0 radical (unpaired) electrons. The van der Waals surface area contributed by atoms with E-state index in [9.17, 15) is 4.79 Å². The van der Waals surface area contributed by atoms with Crippen LogP contribution in [-0.2, 0) is 19.1 Å². The molecule has 416 valence electrons. The molecule has 3 unspecified atom stereocenters. The quantitative estimate of drug-likeness (QED) is 0.0258. The maximum absolute atomic E-state index is 15.2. The van der Waals surface area contributed by atoms with E-state index < -0.39 is 27.1 Å². The second-order valence-corrected chi connectivity index (χ2v) is 22.6. The van der Waals surface area contributed by atoms with Gasteiger partial charge in [-0.05, 0) is 178 Å². The highest BCUT2D eigenvalue weighted by molar-refractivity contribution is 5.79. The third-order valence-electron chi connectivity index (χ3n) is 17.2. The molecule has 0 aliphatic carbocycles. The van der Waals surface area contributed by atoms with E-state index >= 15 is 4.79 Å². The number of esters is 2. The zero-order chi connectivity index (χ0) is 57.2. The molecule has 4 aromatic carbocycles. The lowest BCUT2D eigenvalue weighted by Gasteiger charge is -2.61. The molecule has 0 N–H and O–H groups in total. The van der Waals surface area contributed by atoms with Gasteiger partial charge in [0.1, 0.15) is 43.0 Å². The summed E-state index contributed by atoms with van der Waals surface area (Å²) in [4.78, 5) is 36.4. The summed E-state index contributed by atoms with van der Waals surface area (Å²) in [6.07, 6.45) is 6.43. The summed E-state index contributed by atoms with van der Waals surface area (Å²) in [6.45, 7) is 32.0. The van der Waals surface area contributed by atoms with Crippen LogP contribution >= 0.6 is 0 Å². The van der Waals surface area contributed by atoms with Gasteiger partial charge < -0.3 is 19.1 Å². The number of benzene rings is 4. The van der Waals surface area contributed by atoms with E-state index in [1.54, 1.807) is 12.1 Å². The van der Waals surface area contributed by atoms with Crippen LogP contribution in [0.5, 0.6) is 5.75 Å². The summed E-state index contributed by atoms with van der Waals surface area (Å²) in [5.74, 6) is 0.201. The van der Waals surface area contributed by atoms with E-state index in [1.807, 2.05) is 110 Å². The highest BCUT2D eigenvalue weighted by Gasteiger charge is 2.64. The predicted molar refractivity (Wildman–Crippen MR) is 312 cm³/mol. The van der Waals surface area contributed by atoms with Crippen LogP contribution in [-0.4, -0.2) is 49.8 Å². The Morgan fingerprint density at radius 2 is 1.08 bits per heavy atom.